The Labute approximate surface area is 166 Å². The van der Waals surface area contributed by atoms with Gasteiger partial charge in [0.15, 0.2) is 5.16 Å². The van der Waals surface area contributed by atoms with Crippen molar-refractivity contribution >= 4 is 34.7 Å². The molecule has 1 heterocycles. The van der Waals surface area contributed by atoms with E-state index < -0.39 is 0 Å². The second kappa shape index (κ2) is 8.79. The van der Waals surface area contributed by atoms with E-state index in [1.807, 2.05) is 25.1 Å². The molecule has 0 aliphatic rings. The van der Waals surface area contributed by atoms with Crippen LogP contribution >= 0.6 is 11.8 Å². The van der Waals surface area contributed by atoms with E-state index in [2.05, 4.69) is 20.0 Å². The van der Waals surface area contributed by atoms with E-state index in [0.717, 1.165) is 22.3 Å². The minimum atomic E-state index is -0.385. The van der Waals surface area contributed by atoms with Crippen molar-refractivity contribution in [3.63, 3.8) is 0 Å². The molecule has 8 heteroatoms. The molecule has 0 saturated carbocycles. The number of methoxy groups -OCH3 is 2. The summed E-state index contributed by atoms with van der Waals surface area (Å²) in [6.45, 7) is 2.20. The molecule has 1 unspecified atom stereocenters. The van der Waals surface area contributed by atoms with Crippen molar-refractivity contribution in [2.45, 2.75) is 23.9 Å². The summed E-state index contributed by atoms with van der Waals surface area (Å²) in [6, 6.07) is 12.5. The predicted molar refractivity (Wildman–Crippen MR) is 108 cm³/mol. The molecule has 0 saturated heterocycles. The molecule has 1 aromatic heterocycles. The van der Waals surface area contributed by atoms with Crippen LogP contribution in [0.25, 0.3) is 11.0 Å². The molecule has 0 radical (unpaired) electrons. The molecule has 0 bridgehead atoms. The molecule has 7 nitrogen and oxygen atoms in total. The third-order valence-electron chi connectivity index (χ3n) is 4.17. The number of carbonyl (C=O) groups excluding carboxylic acids is 2. The fourth-order valence-electron chi connectivity index (χ4n) is 2.58. The fraction of sp³-hybridized carbons (Fsp3) is 0.250. The van der Waals surface area contributed by atoms with Crippen LogP contribution in [0.1, 0.15) is 22.8 Å². The average Bonchev–Trinajstić information content (AvgIpc) is 3.12. The largest absolute Gasteiger partial charge is 0.497 e. The Balaban J connectivity index is 1.56. The van der Waals surface area contributed by atoms with Gasteiger partial charge in [-0.15, -0.1) is 0 Å². The van der Waals surface area contributed by atoms with Crippen LogP contribution in [0.15, 0.2) is 47.6 Å². The summed E-state index contributed by atoms with van der Waals surface area (Å²) in [6.07, 6.45) is 0. The Morgan fingerprint density at radius 1 is 1.18 bits per heavy atom. The molecule has 146 valence electrons. The molecule has 2 aromatic carbocycles. The number of H-pyrrole nitrogens is 1. The van der Waals surface area contributed by atoms with E-state index in [9.17, 15) is 9.59 Å². The Hall–Kier alpha value is -3.00. The lowest BCUT2D eigenvalue weighted by atomic mass is 10.1. The number of rotatable bonds is 7. The molecule has 2 N–H and O–H groups in total. The van der Waals surface area contributed by atoms with Crippen molar-refractivity contribution in [1.29, 1.82) is 0 Å². The quantitative estimate of drug-likeness (QED) is 0.468. The van der Waals surface area contributed by atoms with Gasteiger partial charge in [-0.2, -0.15) is 0 Å². The number of thioether (sulfide) groups is 1. The lowest BCUT2D eigenvalue weighted by Gasteiger charge is -2.11. The highest BCUT2D eigenvalue weighted by molar-refractivity contribution is 8.00. The lowest BCUT2D eigenvalue weighted by molar-refractivity contribution is -0.120. The van der Waals surface area contributed by atoms with Crippen LogP contribution in [-0.4, -0.2) is 41.3 Å². The lowest BCUT2D eigenvalue weighted by Crippen LogP contribution is -2.30. The van der Waals surface area contributed by atoms with E-state index in [4.69, 9.17) is 4.74 Å². The summed E-state index contributed by atoms with van der Waals surface area (Å²) in [5.74, 6) is 0.265. The number of amides is 1. The van der Waals surface area contributed by atoms with Gasteiger partial charge >= 0.3 is 5.97 Å². The number of nitrogens with zero attached hydrogens (tertiary/aromatic N) is 1. The molecule has 3 rings (SSSR count). The van der Waals surface area contributed by atoms with E-state index >= 15 is 0 Å². The van der Waals surface area contributed by atoms with Gasteiger partial charge in [-0.25, -0.2) is 9.78 Å². The molecule has 0 aliphatic carbocycles. The Morgan fingerprint density at radius 2 is 1.93 bits per heavy atom. The summed E-state index contributed by atoms with van der Waals surface area (Å²) in [7, 11) is 2.95. The highest BCUT2D eigenvalue weighted by Crippen LogP contribution is 2.25. The first-order valence-electron chi connectivity index (χ1n) is 8.65. The first kappa shape index (κ1) is 19.8. The van der Waals surface area contributed by atoms with Crippen LogP contribution in [0.3, 0.4) is 0 Å². The maximum atomic E-state index is 12.4. The molecule has 3 aromatic rings. The van der Waals surface area contributed by atoms with Crippen molar-refractivity contribution < 1.29 is 19.1 Å². The summed E-state index contributed by atoms with van der Waals surface area (Å²) >= 11 is 1.35. The SMILES string of the molecule is COC(=O)c1ccc(CNC(=O)C(C)Sc2nc3ccc(OC)cc3[nH]2)cc1. The number of hydrogen-bond donors (Lipinski definition) is 2. The van der Waals surface area contributed by atoms with Crippen LogP contribution in [-0.2, 0) is 16.1 Å². The topological polar surface area (TPSA) is 93.3 Å². The average molecular weight is 399 g/mol. The number of benzene rings is 2. The van der Waals surface area contributed by atoms with Gasteiger partial charge in [-0.05, 0) is 36.8 Å². The smallest absolute Gasteiger partial charge is 0.337 e. The molecule has 1 atom stereocenters. The van der Waals surface area contributed by atoms with Gasteiger partial charge in [0.1, 0.15) is 5.75 Å². The summed E-state index contributed by atoms with van der Waals surface area (Å²) in [5, 5.41) is 3.25. The van der Waals surface area contributed by atoms with E-state index in [1.165, 1.54) is 18.9 Å². The number of nitrogens with one attached hydrogen (secondary N) is 2. The van der Waals surface area contributed by atoms with E-state index in [1.54, 1.807) is 31.4 Å². The standard InChI is InChI=1S/C20H21N3O4S/c1-12(28-20-22-16-9-8-15(26-2)10-17(16)23-20)18(24)21-11-13-4-6-14(7-5-13)19(25)27-3/h4-10,12H,11H2,1-3H3,(H,21,24)(H,22,23). The Bertz CT molecular complexity index is 985. The molecular formula is C20H21N3O4S. The summed E-state index contributed by atoms with van der Waals surface area (Å²) in [5.41, 5.74) is 3.05. The highest BCUT2D eigenvalue weighted by atomic mass is 32.2. The zero-order valence-corrected chi connectivity index (χ0v) is 16.6. The van der Waals surface area contributed by atoms with Gasteiger partial charge in [0.25, 0.3) is 0 Å². The number of ether oxygens (including phenoxy) is 2. The Morgan fingerprint density at radius 3 is 2.61 bits per heavy atom. The zero-order valence-electron chi connectivity index (χ0n) is 15.8. The van der Waals surface area contributed by atoms with E-state index in [0.29, 0.717) is 17.3 Å². The molecular weight excluding hydrogens is 378 g/mol. The third-order valence-corrected chi connectivity index (χ3v) is 5.15. The van der Waals surface area contributed by atoms with Crippen LogP contribution < -0.4 is 10.1 Å². The van der Waals surface area contributed by atoms with Crippen LogP contribution in [0.2, 0.25) is 0 Å². The number of imidazole rings is 1. The number of carbonyl (C=O) groups is 2. The van der Waals surface area contributed by atoms with Crippen molar-refractivity contribution in [3.05, 3.63) is 53.6 Å². The van der Waals surface area contributed by atoms with Crippen LogP contribution in [0.4, 0.5) is 0 Å². The number of aromatic amines is 1. The second-order valence-corrected chi connectivity index (χ2v) is 7.42. The monoisotopic (exact) mass is 399 g/mol. The molecule has 28 heavy (non-hydrogen) atoms. The number of fused-ring (bicyclic) bond motifs is 1. The molecule has 0 aliphatic heterocycles. The third kappa shape index (κ3) is 4.64. The summed E-state index contributed by atoms with van der Waals surface area (Å²) in [4.78, 5) is 31.5. The van der Waals surface area contributed by atoms with Gasteiger partial charge in [0, 0.05) is 12.6 Å². The van der Waals surface area contributed by atoms with Gasteiger partial charge in [-0.1, -0.05) is 23.9 Å². The zero-order chi connectivity index (χ0) is 20.1. The fourth-order valence-corrected chi connectivity index (χ4v) is 3.42. The van der Waals surface area contributed by atoms with Gasteiger partial charge in [0.2, 0.25) is 5.91 Å². The van der Waals surface area contributed by atoms with Gasteiger partial charge < -0.3 is 19.8 Å². The molecule has 0 spiro atoms. The van der Waals surface area contributed by atoms with Crippen LogP contribution in [0, 0.1) is 0 Å². The summed E-state index contributed by atoms with van der Waals surface area (Å²) < 4.78 is 9.88. The predicted octanol–water partition coefficient (Wildman–Crippen LogP) is 3.16. The Kier molecular flexibility index (Phi) is 6.20. The number of esters is 1. The van der Waals surface area contributed by atoms with E-state index in [-0.39, 0.29) is 17.1 Å². The molecule has 1 amide bonds. The first-order valence-corrected chi connectivity index (χ1v) is 9.53. The van der Waals surface area contributed by atoms with Crippen molar-refractivity contribution in [3.8, 4) is 5.75 Å². The number of hydrogen-bond acceptors (Lipinski definition) is 6. The van der Waals surface area contributed by atoms with Crippen molar-refractivity contribution in [1.82, 2.24) is 15.3 Å². The van der Waals surface area contributed by atoms with Crippen LogP contribution in [0.5, 0.6) is 5.75 Å². The van der Waals surface area contributed by atoms with Crippen molar-refractivity contribution in [2.24, 2.45) is 0 Å². The van der Waals surface area contributed by atoms with Gasteiger partial charge in [0.05, 0.1) is 36.1 Å². The number of aromatic nitrogens is 2. The first-order chi connectivity index (χ1) is 13.5. The highest BCUT2D eigenvalue weighted by Gasteiger charge is 2.16. The molecule has 0 fully saturated rings. The minimum absolute atomic E-state index is 0.0971. The second-order valence-electron chi connectivity index (χ2n) is 6.09. The normalized spacial score (nSPS) is 11.8. The maximum absolute atomic E-state index is 12.4. The van der Waals surface area contributed by atoms with Gasteiger partial charge in [-0.3, -0.25) is 4.79 Å². The minimum Gasteiger partial charge on any atom is -0.497 e. The van der Waals surface area contributed by atoms with Crippen molar-refractivity contribution in [2.75, 3.05) is 14.2 Å². The maximum Gasteiger partial charge on any atom is 0.337 e.